The van der Waals surface area contributed by atoms with E-state index in [0.717, 1.165) is 44.1 Å². The van der Waals surface area contributed by atoms with Gasteiger partial charge in [0.25, 0.3) is 0 Å². The molecule has 0 bridgehead atoms. The smallest absolute Gasteiger partial charge is 0.339 e. The van der Waals surface area contributed by atoms with Crippen molar-refractivity contribution in [2.24, 2.45) is 5.92 Å². The Kier molecular flexibility index (Phi) is 4.00. The summed E-state index contributed by atoms with van der Waals surface area (Å²) in [5, 5.41) is 14.1. The molecule has 1 saturated carbocycles. The largest absolute Gasteiger partial charge is 0.453 e. The number of halogens is 1. The molecular weight excluding hydrogens is 342 g/mol. The zero-order chi connectivity index (χ0) is 17.8. The van der Waals surface area contributed by atoms with Gasteiger partial charge in [-0.2, -0.15) is 0 Å². The van der Waals surface area contributed by atoms with Gasteiger partial charge in [-0.1, -0.05) is 6.08 Å². The van der Waals surface area contributed by atoms with Gasteiger partial charge in [0.1, 0.15) is 6.10 Å². The normalized spacial score (nSPS) is 38.2. The van der Waals surface area contributed by atoms with Crippen LogP contribution in [0, 0.1) is 5.92 Å². The molecule has 2 aliphatic carbocycles. The van der Waals surface area contributed by atoms with Crippen molar-refractivity contribution in [3.05, 3.63) is 22.8 Å². The van der Waals surface area contributed by atoms with Crippen LogP contribution in [-0.4, -0.2) is 40.1 Å². The molecule has 1 amide bonds. The first-order valence-electron chi connectivity index (χ1n) is 9.16. The van der Waals surface area contributed by atoms with Gasteiger partial charge in [0.2, 0.25) is 11.4 Å². The Labute approximate surface area is 152 Å². The molecule has 0 aromatic carbocycles. The molecule has 25 heavy (non-hydrogen) atoms. The molecule has 4 aliphatic rings. The molecule has 3 fully saturated rings. The fourth-order valence-electron chi connectivity index (χ4n) is 5.17. The summed E-state index contributed by atoms with van der Waals surface area (Å²) in [5.74, 6) is -1.01. The van der Waals surface area contributed by atoms with Crippen LogP contribution >= 0.6 is 11.6 Å². The number of rotatable bonds is 4. The number of alkyl halides is 1. The van der Waals surface area contributed by atoms with Crippen molar-refractivity contribution >= 4 is 23.5 Å². The van der Waals surface area contributed by atoms with E-state index >= 15 is 0 Å². The van der Waals surface area contributed by atoms with Crippen molar-refractivity contribution in [1.29, 1.82) is 0 Å². The maximum atomic E-state index is 12.5. The highest BCUT2D eigenvalue weighted by Gasteiger charge is 2.79. The van der Waals surface area contributed by atoms with Gasteiger partial charge in [0.15, 0.2) is 5.60 Å². The van der Waals surface area contributed by atoms with Gasteiger partial charge in [-0.3, -0.25) is 4.79 Å². The van der Waals surface area contributed by atoms with Crippen LogP contribution in [0.15, 0.2) is 22.8 Å². The highest BCUT2D eigenvalue weighted by atomic mass is 35.5. The minimum atomic E-state index is -1.37. The first kappa shape index (κ1) is 17.1. The number of hydrogen-bond acceptors (Lipinski definition) is 4. The van der Waals surface area contributed by atoms with E-state index in [0.29, 0.717) is 12.3 Å². The zero-order valence-electron chi connectivity index (χ0n) is 14.4. The monoisotopic (exact) mass is 365 g/mol. The zero-order valence-corrected chi connectivity index (χ0v) is 15.2. The van der Waals surface area contributed by atoms with Gasteiger partial charge in [-0.25, -0.2) is 4.79 Å². The van der Waals surface area contributed by atoms with E-state index in [4.69, 9.17) is 16.3 Å². The average molecular weight is 366 g/mol. The number of carbonyl (C=O) groups is 2. The molecule has 2 aliphatic heterocycles. The van der Waals surface area contributed by atoms with Crippen molar-refractivity contribution in [3.8, 4) is 0 Å². The van der Waals surface area contributed by atoms with Gasteiger partial charge < -0.3 is 15.2 Å². The molecule has 2 N–H and O–H groups in total. The van der Waals surface area contributed by atoms with Crippen LogP contribution < -0.4 is 5.32 Å². The third-order valence-electron chi connectivity index (χ3n) is 6.55. The Morgan fingerprint density at radius 3 is 2.84 bits per heavy atom. The number of ether oxygens (including phenoxy) is 1. The molecule has 0 aromatic heterocycles. The fraction of sp³-hybridized carbons (Fsp3) is 0.684. The van der Waals surface area contributed by atoms with Crippen LogP contribution in [0.25, 0.3) is 0 Å². The minimum absolute atomic E-state index is 0.256. The predicted octanol–water partition coefficient (Wildman–Crippen LogP) is 2.37. The standard InChI is InChI=1S/C19H24ClNO4/c1-18-14(9-10-20)16(23)21-19(18,17(24)25-18)15(22)13-8-4-6-11-5-2-3-7-12(11)13/h6,14-15,22H,2-5,7-10H2,1H3,(H,21,23)/t14-,15-,18-,19?/m0/s1. The van der Waals surface area contributed by atoms with E-state index in [1.165, 1.54) is 11.1 Å². The van der Waals surface area contributed by atoms with Crippen molar-refractivity contribution in [2.75, 3.05) is 5.88 Å². The quantitative estimate of drug-likeness (QED) is 0.592. The number of aliphatic hydroxyl groups excluding tert-OH is 1. The van der Waals surface area contributed by atoms with Crippen molar-refractivity contribution in [3.63, 3.8) is 0 Å². The molecule has 0 spiro atoms. The number of hydrogen-bond donors (Lipinski definition) is 2. The Balaban J connectivity index is 1.75. The topological polar surface area (TPSA) is 75.6 Å². The van der Waals surface area contributed by atoms with Crippen LogP contribution in [0.2, 0.25) is 0 Å². The summed E-state index contributed by atoms with van der Waals surface area (Å²) in [7, 11) is 0. The van der Waals surface area contributed by atoms with E-state index in [2.05, 4.69) is 11.4 Å². The summed E-state index contributed by atoms with van der Waals surface area (Å²) in [4.78, 5) is 25.0. The number of aliphatic hydroxyl groups is 1. The lowest BCUT2D eigenvalue weighted by Gasteiger charge is -2.54. The van der Waals surface area contributed by atoms with Crippen molar-refractivity contribution in [2.45, 2.75) is 69.1 Å². The van der Waals surface area contributed by atoms with E-state index in [1.54, 1.807) is 6.92 Å². The van der Waals surface area contributed by atoms with E-state index in [9.17, 15) is 14.7 Å². The lowest BCUT2D eigenvalue weighted by molar-refractivity contribution is -0.232. The van der Waals surface area contributed by atoms with Crippen LogP contribution in [0.1, 0.15) is 51.9 Å². The van der Waals surface area contributed by atoms with Crippen LogP contribution in [0.4, 0.5) is 0 Å². The van der Waals surface area contributed by atoms with Gasteiger partial charge >= 0.3 is 5.97 Å². The van der Waals surface area contributed by atoms with Gasteiger partial charge in [-0.15, -0.1) is 11.6 Å². The van der Waals surface area contributed by atoms with Crippen molar-refractivity contribution in [1.82, 2.24) is 5.32 Å². The molecule has 1 unspecified atom stereocenters. The van der Waals surface area contributed by atoms with Crippen LogP contribution in [0.3, 0.4) is 0 Å². The highest BCUT2D eigenvalue weighted by molar-refractivity contribution is 6.18. The molecule has 0 aromatic rings. The number of carbonyl (C=O) groups excluding carboxylic acids is 2. The number of fused-ring (bicyclic) bond motifs is 2. The maximum absolute atomic E-state index is 12.5. The second-order valence-electron chi connectivity index (χ2n) is 7.71. The van der Waals surface area contributed by atoms with Crippen LogP contribution in [-0.2, 0) is 14.3 Å². The molecule has 2 heterocycles. The first-order chi connectivity index (χ1) is 12.0. The van der Waals surface area contributed by atoms with E-state index < -0.39 is 29.1 Å². The highest BCUT2D eigenvalue weighted by Crippen LogP contribution is 2.54. The molecule has 2 saturated heterocycles. The van der Waals surface area contributed by atoms with Gasteiger partial charge in [0.05, 0.1) is 5.92 Å². The predicted molar refractivity (Wildman–Crippen MR) is 93.0 cm³/mol. The second-order valence-corrected chi connectivity index (χ2v) is 8.08. The molecule has 0 radical (unpaired) electrons. The van der Waals surface area contributed by atoms with Crippen LogP contribution in [0.5, 0.6) is 0 Å². The Bertz CT molecular complexity index is 700. The SMILES string of the molecule is C[C@@]12OC(=O)C1([C@@H](O)C1=C3CCCCC3=CCC1)NC(=O)[C@@H]2CCCl. The Hall–Kier alpha value is -1.33. The summed E-state index contributed by atoms with van der Waals surface area (Å²) >= 11 is 5.85. The summed E-state index contributed by atoms with van der Waals surface area (Å²) in [6.07, 6.45) is 7.44. The van der Waals surface area contributed by atoms with E-state index in [1.807, 2.05) is 0 Å². The van der Waals surface area contributed by atoms with Gasteiger partial charge in [0, 0.05) is 5.88 Å². The van der Waals surface area contributed by atoms with E-state index in [-0.39, 0.29) is 5.91 Å². The number of allylic oxidation sites excluding steroid dienone is 3. The number of esters is 1. The minimum Gasteiger partial charge on any atom is -0.453 e. The summed E-state index contributed by atoms with van der Waals surface area (Å²) in [6, 6.07) is 0. The fourth-order valence-corrected chi connectivity index (χ4v) is 5.38. The molecule has 4 atom stereocenters. The molecule has 6 heteroatoms. The first-order valence-corrected chi connectivity index (χ1v) is 9.70. The summed E-state index contributed by atoms with van der Waals surface area (Å²) < 4.78 is 5.46. The molecular formula is C19H24ClNO4. The number of amides is 1. The maximum Gasteiger partial charge on any atom is 0.339 e. The van der Waals surface area contributed by atoms with Gasteiger partial charge in [-0.05, 0) is 68.6 Å². The Morgan fingerprint density at radius 2 is 2.12 bits per heavy atom. The Morgan fingerprint density at radius 1 is 1.36 bits per heavy atom. The molecule has 136 valence electrons. The molecule has 5 nitrogen and oxygen atoms in total. The average Bonchev–Trinajstić information content (AvgIpc) is 2.79. The molecule has 4 rings (SSSR count). The second kappa shape index (κ2) is 5.85. The lowest BCUT2D eigenvalue weighted by atomic mass is 9.64. The third-order valence-corrected chi connectivity index (χ3v) is 6.77. The van der Waals surface area contributed by atoms with Crippen molar-refractivity contribution < 1.29 is 19.4 Å². The summed E-state index contributed by atoms with van der Waals surface area (Å²) in [5.41, 5.74) is 0.990. The third kappa shape index (κ3) is 2.12. The number of nitrogens with one attached hydrogen (secondary N) is 1. The summed E-state index contributed by atoms with van der Waals surface area (Å²) in [6.45, 7) is 1.75. The lowest BCUT2D eigenvalue weighted by Crippen LogP contribution is -2.79.